The van der Waals surface area contributed by atoms with Crippen LogP contribution in [-0.4, -0.2) is 17.2 Å². The highest BCUT2D eigenvalue weighted by molar-refractivity contribution is 7.81. The molecule has 0 aromatic heterocycles. The molecule has 0 radical (unpaired) electrons. The monoisotopic (exact) mass is 223 g/mol. The SMILES string of the molecule is CC(C)NC(=O)C(S)Cc1ccccc1. The first-order chi connectivity index (χ1) is 7.09. The largest absolute Gasteiger partial charge is 0.353 e. The van der Waals surface area contributed by atoms with E-state index < -0.39 is 0 Å². The van der Waals surface area contributed by atoms with Gasteiger partial charge in [-0.05, 0) is 25.8 Å². The Kier molecular flexibility index (Phi) is 4.69. The number of nitrogens with one attached hydrogen (secondary N) is 1. The van der Waals surface area contributed by atoms with Crippen LogP contribution in [0.5, 0.6) is 0 Å². The van der Waals surface area contributed by atoms with E-state index in [-0.39, 0.29) is 17.2 Å². The first kappa shape index (κ1) is 12.1. The number of amides is 1. The Morgan fingerprint density at radius 2 is 1.93 bits per heavy atom. The van der Waals surface area contributed by atoms with Crippen LogP contribution < -0.4 is 5.32 Å². The summed E-state index contributed by atoms with van der Waals surface area (Å²) in [7, 11) is 0. The minimum absolute atomic E-state index is 0.00261. The zero-order valence-electron chi connectivity index (χ0n) is 9.10. The van der Waals surface area contributed by atoms with Gasteiger partial charge in [-0.2, -0.15) is 12.6 Å². The van der Waals surface area contributed by atoms with Crippen LogP contribution in [0.2, 0.25) is 0 Å². The fourth-order valence-electron chi connectivity index (χ4n) is 1.31. The first-order valence-electron chi connectivity index (χ1n) is 5.12. The molecule has 0 spiro atoms. The van der Waals surface area contributed by atoms with Gasteiger partial charge in [-0.3, -0.25) is 4.79 Å². The molecule has 1 amide bonds. The minimum Gasteiger partial charge on any atom is -0.353 e. The lowest BCUT2D eigenvalue weighted by molar-refractivity contribution is -0.121. The molecule has 0 aliphatic rings. The highest BCUT2D eigenvalue weighted by atomic mass is 32.1. The normalized spacial score (nSPS) is 12.5. The van der Waals surface area contributed by atoms with Crippen molar-refractivity contribution < 1.29 is 4.79 Å². The van der Waals surface area contributed by atoms with E-state index in [0.717, 1.165) is 5.56 Å². The number of hydrogen-bond acceptors (Lipinski definition) is 2. The molecule has 2 nitrogen and oxygen atoms in total. The highest BCUT2D eigenvalue weighted by Crippen LogP contribution is 2.07. The smallest absolute Gasteiger partial charge is 0.233 e. The topological polar surface area (TPSA) is 29.1 Å². The number of thiol groups is 1. The van der Waals surface area contributed by atoms with Crippen molar-refractivity contribution in [2.24, 2.45) is 0 Å². The molecule has 1 rings (SSSR count). The van der Waals surface area contributed by atoms with E-state index in [2.05, 4.69) is 17.9 Å². The molecule has 15 heavy (non-hydrogen) atoms. The second kappa shape index (κ2) is 5.81. The minimum atomic E-state index is -0.269. The molecular formula is C12H17NOS. The lowest BCUT2D eigenvalue weighted by Gasteiger charge is -2.13. The fourth-order valence-corrected chi connectivity index (χ4v) is 1.60. The lowest BCUT2D eigenvalue weighted by Crippen LogP contribution is -2.37. The van der Waals surface area contributed by atoms with Gasteiger partial charge in [0.05, 0.1) is 5.25 Å². The van der Waals surface area contributed by atoms with Gasteiger partial charge < -0.3 is 5.32 Å². The molecule has 1 N–H and O–H groups in total. The Morgan fingerprint density at radius 1 is 1.33 bits per heavy atom. The van der Waals surface area contributed by atoms with Crippen molar-refractivity contribution in [3.8, 4) is 0 Å². The molecule has 0 aliphatic carbocycles. The molecule has 1 unspecified atom stereocenters. The predicted molar refractivity (Wildman–Crippen MR) is 66.2 cm³/mol. The van der Waals surface area contributed by atoms with Gasteiger partial charge in [-0.15, -0.1) is 0 Å². The Bertz CT molecular complexity index is 311. The average molecular weight is 223 g/mol. The number of carbonyl (C=O) groups is 1. The summed E-state index contributed by atoms with van der Waals surface area (Å²) < 4.78 is 0. The van der Waals surface area contributed by atoms with E-state index in [0.29, 0.717) is 6.42 Å². The number of hydrogen-bond donors (Lipinski definition) is 2. The third-order valence-electron chi connectivity index (χ3n) is 2.01. The summed E-state index contributed by atoms with van der Waals surface area (Å²) in [6, 6.07) is 10.1. The summed E-state index contributed by atoms with van der Waals surface area (Å²) in [5.41, 5.74) is 1.14. The molecule has 82 valence electrons. The van der Waals surface area contributed by atoms with Crippen LogP contribution in [0, 0.1) is 0 Å². The maximum absolute atomic E-state index is 11.6. The van der Waals surface area contributed by atoms with E-state index in [1.54, 1.807) is 0 Å². The van der Waals surface area contributed by atoms with Gasteiger partial charge in [-0.1, -0.05) is 30.3 Å². The van der Waals surface area contributed by atoms with Crippen LogP contribution in [0.15, 0.2) is 30.3 Å². The van der Waals surface area contributed by atoms with E-state index in [9.17, 15) is 4.79 Å². The molecule has 1 aromatic rings. The molecule has 0 fully saturated rings. The van der Waals surface area contributed by atoms with E-state index >= 15 is 0 Å². The summed E-state index contributed by atoms with van der Waals surface area (Å²) in [6.45, 7) is 3.89. The van der Waals surface area contributed by atoms with Gasteiger partial charge in [-0.25, -0.2) is 0 Å². The fraction of sp³-hybridized carbons (Fsp3) is 0.417. The van der Waals surface area contributed by atoms with Crippen molar-refractivity contribution in [2.75, 3.05) is 0 Å². The van der Waals surface area contributed by atoms with E-state index in [1.807, 2.05) is 44.2 Å². The molecule has 0 heterocycles. The molecule has 1 atom stereocenters. The molecule has 1 aromatic carbocycles. The van der Waals surface area contributed by atoms with Gasteiger partial charge >= 0.3 is 0 Å². The number of rotatable bonds is 4. The second-order valence-electron chi connectivity index (χ2n) is 3.87. The Morgan fingerprint density at radius 3 is 2.47 bits per heavy atom. The molecule has 0 bridgehead atoms. The third kappa shape index (κ3) is 4.38. The van der Waals surface area contributed by atoms with Crippen molar-refractivity contribution in [3.05, 3.63) is 35.9 Å². The number of benzene rings is 1. The van der Waals surface area contributed by atoms with Crippen LogP contribution in [0.1, 0.15) is 19.4 Å². The Balaban J connectivity index is 2.49. The zero-order chi connectivity index (χ0) is 11.3. The average Bonchev–Trinajstić information content (AvgIpc) is 2.18. The van der Waals surface area contributed by atoms with Crippen LogP contribution in [0.25, 0.3) is 0 Å². The molecule has 0 saturated heterocycles. The third-order valence-corrected chi connectivity index (χ3v) is 2.42. The van der Waals surface area contributed by atoms with Crippen LogP contribution in [0.3, 0.4) is 0 Å². The van der Waals surface area contributed by atoms with Crippen LogP contribution in [-0.2, 0) is 11.2 Å². The van der Waals surface area contributed by atoms with Gasteiger partial charge in [0.2, 0.25) is 5.91 Å². The van der Waals surface area contributed by atoms with Crippen molar-refractivity contribution in [3.63, 3.8) is 0 Å². The second-order valence-corrected chi connectivity index (χ2v) is 4.49. The quantitative estimate of drug-likeness (QED) is 0.752. The van der Waals surface area contributed by atoms with Crippen LogP contribution >= 0.6 is 12.6 Å². The van der Waals surface area contributed by atoms with Gasteiger partial charge in [0.15, 0.2) is 0 Å². The molecule has 3 heteroatoms. The van der Waals surface area contributed by atoms with Crippen molar-refractivity contribution >= 4 is 18.5 Å². The molecule has 0 aliphatic heterocycles. The van der Waals surface area contributed by atoms with Crippen molar-refractivity contribution in [2.45, 2.75) is 31.6 Å². The van der Waals surface area contributed by atoms with Crippen molar-refractivity contribution in [1.82, 2.24) is 5.32 Å². The van der Waals surface area contributed by atoms with Crippen LogP contribution in [0.4, 0.5) is 0 Å². The van der Waals surface area contributed by atoms with E-state index in [1.165, 1.54) is 0 Å². The highest BCUT2D eigenvalue weighted by Gasteiger charge is 2.14. The first-order valence-corrected chi connectivity index (χ1v) is 5.63. The Labute approximate surface area is 96.5 Å². The van der Waals surface area contributed by atoms with Gasteiger partial charge in [0.1, 0.15) is 0 Å². The summed E-state index contributed by atoms with van der Waals surface area (Å²) in [4.78, 5) is 11.6. The summed E-state index contributed by atoms with van der Waals surface area (Å²) in [5, 5.41) is 2.58. The maximum Gasteiger partial charge on any atom is 0.233 e. The zero-order valence-corrected chi connectivity index (χ0v) is 10.00. The van der Waals surface area contributed by atoms with Crippen molar-refractivity contribution in [1.29, 1.82) is 0 Å². The van der Waals surface area contributed by atoms with E-state index in [4.69, 9.17) is 0 Å². The van der Waals surface area contributed by atoms with Gasteiger partial charge in [0, 0.05) is 6.04 Å². The maximum atomic E-state index is 11.6. The number of carbonyl (C=O) groups excluding carboxylic acids is 1. The molecule has 0 saturated carbocycles. The standard InChI is InChI=1S/C12H17NOS/c1-9(2)13-12(14)11(15)8-10-6-4-3-5-7-10/h3-7,9,11,15H,8H2,1-2H3,(H,13,14). The summed E-state index contributed by atoms with van der Waals surface area (Å²) in [5.74, 6) is -0.00261. The summed E-state index contributed by atoms with van der Waals surface area (Å²) >= 11 is 4.30. The predicted octanol–water partition coefficient (Wildman–Crippen LogP) is 2.05. The van der Waals surface area contributed by atoms with Gasteiger partial charge in [0.25, 0.3) is 0 Å². The lowest BCUT2D eigenvalue weighted by atomic mass is 10.1. The molecular weight excluding hydrogens is 206 g/mol. The summed E-state index contributed by atoms with van der Waals surface area (Å²) in [6.07, 6.45) is 0.669. The Hall–Kier alpha value is -0.960.